The molecule has 2 aromatic rings. The van der Waals surface area contributed by atoms with Gasteiger partial charge in [-0.15, -0.1) is 0 Å². The van der Waals surface area contributed by atoms with Crippen LogP contribution < -0.4 is 5.32 Å². The van der Waals surface area contributed by atoms with Crippen molar-refractivity contribution < 1.29 is 19.1 Å². The average molecular weight is 280 g/mol. The standard InChI is InChI=1S/C13H10ClNO4/c1-7-4-8(6-19-7)12(16)15-9-2-3-10(13(17)18)11(14)5-9/h2-6H,1H3,(H,15,16)(H,17,18). The van der Waals surface area contributed by atoms with Gasteiger partial charge in [-0.25, -0.2) is 4.79 Å². The van der Waals surface area contributed by atoms with Crippen molar-refractivity contribution in [2.24, 2.45) is 0 Å². The van der Waals surface area contributed by atoms with Crippen molar-refractivity contribution >= 4 is 29.2 Å². The number of amides is 1. The Labute approximate surface area is 113 Å². The van der Waals surface area contributed by atoms with Gasteiger partial charge in [0, 0.05) is 5.69 Å². The van der Waals surface area contributed by atoms with Crippen LogP contribution in [0.4, 0.5) is 5.69 Å². The van der Waals surface area contributed by atoms with Gasteiger partial charge in [-0.1, -0.05) is 11.6 Å². The second kappa shape index (κ2) is 5.16. The van der Waals surface area contributed by atoms with Gasteiger partial charge in [0.25, 0.3) is 5.91 Å². The number of halogens is 1. The molecule has 0 spiro atoms. The molecule has 2 rings (SSSR count). The zero-order valence-electron chi connectivity index (χ0n) is 9.94. The minimum Gasteiger partial charge on any atom is -0.478 e. The summed E-state index contributed by atoms with van der Waals surface area (Å²) in [6, 6.07) is 5.79. The number of nitrogens with one attached hydrogen (secondary N) is 1. The largest absolute Gasteiger partial charge is 0.478 e. The number of carboxylic acid groups (broad SMARTS) is 1. The molecule has 1 aromatic carbocycles. The predicted octanol–water partition coefficient (Wildman–Crippen LogP) is 3.19. The molecule has 0 unspecified atom stereocenters. The molecule has 0 fully saturated rings. The number of furan rings is 1. The lowest BCUT2D eigenvalue weighted by molar-refractivity contribution is 0.0697. The zero-order chi connectivity index (χ0) is 14.0. The third-order valence-electron chi connectivity index (χ3n) is 2.45. The van der Waals surface area contributed by atoms with Crippen molar-refractivity contribution in [1.82, 2.24) is 0 Å². The normalized spacial score (nSPS) is 10.2. The van der Waals surface area contributed by atoms with Crippen molar-refractivity contribution in [2.75, 3.05) is 5.32 Å². The van der Waals surface area contributed by atoms with E-state index in [-0.39, 0.29) is 16.5 Å². The molecule has 0 aliphatic heterocycles. The summed E-state index contributed by atoms with van der Waals surface area (Å²) in [6.07, 6.45) is 1.35. The van der Waals surface area contributed by atoms with E-state index in [1.807, 2.05) is 0 Å². The smallest absolute Gasteiger partial charge is 0.337 e. The number of hydrogen-bond donors (Lipinski definition) is 2. The highest BCUT2D eigenvalue weighted by atomic mass is 35.5. The molecular weight excluding hydrogens is 270 g/mol. The zero-order valence-corrected chi connectivity index (χ0v) is 10.7. The van der Waals surface area contributed by atoms with Gasteiger partial charge in [0.15, 0.2) is 0 Å². The fraction of sp³-hybridized carbons (Fsp3) is 0.0769. The number of aromatic carboxylic acids is 1. The predicted molar refractivity (Wildman–Crippen MR) is 69.8 cm³/mol. The molecule has 1 heterocycles. The van der Waals surface area contributed by atoms with E-state index in [9.17, 15) is 9.59 Å². The highest BCUT2D eigenvalue weighted by Crippen LogP contribution is 2.21. The summed E-state index contributed by atoms with van der Waals surface area (Å²) in [5.74, 6) is -0.839. The number of anilines is 1. The van der Waals surface area contributed by atoms with Crippen LogP contribution in [0.5, 0.6) is 0 Å². The molecule has 2 N–H and O–H groups in total. The molecule has 0 saturated heterocycles. The van der Waals surface area contributed by atoms with Crippen molar-refractivity contribution in [3.8, 4) is 0 Å². The van der Waals surface area contributed by atoms with Crippen molar-refractivity contribution in [2.45, 2.75) is 6.92 Å². The number of carbonyl (C=O) groups is 2. The van der Waals surface area contributed by atoms with E-state index in [4.69, 9.17) is 21.1 Å². The maximum atomic E-state index is 11.8. The van der Waals surface area contributed by atoms with Gasteiger partial charge < -0.3 is 14.8 Å². The minimum atomic E-state index is -1.12. The van der Waals surface area contributed by atoms with Crippen LogP contribution in [-0.4, -0.2) is 17.0 Å². The maximum Gasteiger partial charge on any atom is 0.337 e. The van der Waals surface area contributed by atoms with Crippen molar-refractivity contribution in [3.63, 3.8) is 0 Å². The quantitative estimate of drug-likeness (QED) is 0.904. The van der Waals surface area contributed by atoms with E-state index in [0.29, 0.717) is 17.0 Å². The first-order valence-corrected chi connectivity index (χ1v) is 5.74. The second-order valence-corrected chi connectivity index (χ2v) is 4.31. The van der Waals surface area contributed by atoms with Crippen LogP contribution >= 0.6 is 11.6 Å². The Morgan fingerprint density at radius 2 is 2.05 bits per heavy atom. The number of carbonyl (C=O) groups excluding carboxylic acids is 1. The average Bonchev–Trinajstić information content (AvgIpc) is 2.75. The van der Waals surface area contributed by atoms with E-state index in [2.05, 4.69) is 5.32 Å². The lowest BCUT2D eigenvalue weighted by Crippen LogP contribution is -2.11. The molecule has 0 radical (unpaired) electrons. The van der Waals surface area contributed by atoms with E-state index < -0.39 is 5.97 Å². The molecule has 6 heteroatoms. The van der Waals surface area contributed by atoms with Gasteiger partial charge in [0.2, 0.25) is 0 Å². The van der Waals surface area contributed by atoms with E-state index in [1.54, 1.807) is 13.0 Å². The minimum absolute atomic E-state index is 0.0150. The first-order valence-electron chi connectivity index (χ1n) is 5.36. The molecule has 5 nitrogen and oxygen atoms in total. The third kappa shape index (κ3) is 2.95. The lowest BCUT2D eigenvalue weighted by atomic mass is 10.2. The van der Waals surface area contributed by atoms with Gasteiger partial charge in [0.1, 0.15) is 12.0 Å². The first kappa shape index (κ1) is 13.2. The fourth-order valence-corrected chi connectivity index (χ4v) is 1.79. The number of benzene rings is 1. The molecule has 19 heavy (non-hydrogen) atoms. The molecular formula is C13H10ClNO4. The fourth-order valence-electron chi connectivity index (χ4n) is 1.53. The first-order chi connectivity index (χ1) is 8.97. The highest BCUT2D eigenvalue weighted by molar-refractivity contribution is 6.33. The summed E-state index contributed by atoms with van der Waals surface area (Å²) in [7, 11) is 0. The molecule has 0 atom stereocenters. The van der Waals surface area contributed by atoms with E-state index in [1.165, 1.54) is 24.5 Å². The monoisotopic (exact) mass is 279 g/mol. The topological polar surface area (TPSA) is 79.5 Å². The van der Waals surface area contributed by atoms with Crippen molar-refractivity contribution in [1.29, 1.82) is 0 Å². The number of rotatable bonds is 3. The summed E-state index contributed by atoms with van der Waals surface area (Å²) in [5, 5.41) is 11.5. The van der Waals surface area contributed by atoms with E-state index >= 15 is 0 Å². The Morgan fingerprint density at radius 1 is 1.32 bits per heavy atom. The Kier molecular flexibility index (Phi) is 3.57. The summed E-state index contributed by atoms with van der Waals surface area (Å²) in [6.45, 7) is 1.73. The molecule has 0 bridgehead atoms. The molecule has 1 aromatic heterocycles. The van der Waals surface area contributed by atoms with Crippen LogP contribution in [0.1, 0.15) is 26.5 Å². The van der Waals surface area contributed by atoms with E-state index in [0.717, 1.165) is 0 Å². The van der Waals surface area contributed by atoms with Crippen molar-refractivity contribution in [3.05, 3.63) is 52.4 Å². The number of hydrogen-bond acceptors (Lipinski definition) is 3. The maximum absolute atomic E-state index is 11.8. The number of carboxylic acids is 1. The van der Waals surface area contributed by atoms with Gasteiger partial charge in [-0.2, -0.15) is 0 Å². The van der Waals surface area contributed by atoms with Gasteiger partial charge >= 0.3 is 5.97 Å². The van der Waals surface area contributed by atoms with Crippen LogP contribution in [0.3, 0.4) is 0 Å². The Hall–Kier alpha value is -2.27. The Balaban J connectivity index is 2.18. The Bertz CT molecular complexity index is 648. The number of aryl methyl sites for hydroxylation is 1. The lowest BCUT2D eigenvalue weighted by Gasteiger charge is -2.05. The molecule has 0 aliphatic rings. The SMILES string of the molecule is Cc1cc(C(=O)Nc2ccc(C(=O)O)c(Cl)c2)co1. The molecule has 0 saturated carbocycles. The highest BCUT2D eigenvalue weighted by Gasteiger charge is 2.12. The second-order valence-electron chi connectivity index (χ2n) is 3.90. The van der Waals surface area contributed by atoms with Crippen LogP contribution in [0.15, 0.2) is 34.9 Å². The van der Waals surface area contributed by atoms with Gasteiger partial charge in [0.05, 0.1) is 16.1 Å². The summed E-state index contributed by atoms with van der Waals surface area (Å²) >= 11 is 5.81. The van der Waals surface area contributed by atoms with Gasteiger partial charge in [-0.3, -0.25) is 4.79 Å². The molecule has 1 amide bonds. The summed E-state index contributed by atoms with van der Waals surface area (Å²) < 4.78 is 5.03. The van der Waals surface area contributed by atoms with Crippen LogP contribution in [0, 0.1) is 6.92 Å². The third-order valence-corrected chi connectivity index (χ3v) is 2.76. The van der Waals surface area contributed by atoms with Crippen LogP contribution in [0.25, 0.3) is 0 Å². The summed E-state index contributed by atoms with van der Waals surface area (Å²) in [5.41, 5.74) is 0.786. The Morgan fingerprint density at radius 3 is 2.58 bits per heavy atom. The molecule has 0 aliphatic carbocycles. The van der Waals surface area contributed by atoms with Crippen LogP contribution in [-0.2, 0) is 0 Å². The van der Waals surface area contributed by atoms with Gasteiger partial charge in [-0.05, 0) is 31.2 Å². The van der Waals surface area contributed by atoms with Crippen LogP contribution in [0.2, 0.25) is 5.02 Å². The molecule has 98 valence electrons. The summed E-state index contributed by atoms with van der Waals surface area (Å²) in [4.78, 5) is 22.6.